The molecule has 0 amide bonds. The zero-order valence-corrected chi connectivity index (χ0v) is 13.7. The fraction of sp³-hybridized carbons (Fsp3) is 0.625. The molecule has 0 aliphatic carbocycles. The van der Waals surface area contributed by atoms with E-state index in [0.717, 1.165) is 39.3 Å². The van der Waals surface area contributed by atoms with Gasteiger partial charge in [0.15, 0.2) is 0 Å². The molecule has 3 rings (SSSR count). The van der Waals surface area contributed by atoms with Crippen molar-refractivity contribution in [3.8, 4) is 0 Å². The van der Waals surface area contributed by atoms with Gasteiger partial charge in [-0.1, -0.05) is 28.1 Å². The van der Waals surface area contributed by atoms with Crippen molar-refractivity contribution in [2.75, 3.05) is 39.3 Å². The number of nitrogens with one attached hydrogen (secondary N) is 1. The first-order valence-electron chi connectivity index (χ1n) is 7.74. The third kappa shape index (κ3) is 3.82. The molecule has 0 saturated carbocycles. The third-order valence-electron chi connectivity index (χ3n) is 4.33. The number of likely N-dealkylation sites (tertiary alicyclic amines) is 1. The maximum atomic E-state index is 3.76. The lowest BCUT2D eigenvalue weighted by Crippen LogP contribution is -2.42. The Labute approximate surface area is 130 Å². The second-order valence-corrected chi connectivity index (χ2v) is 6.79. The van der Waals surface area contributed by atoms with Gasteiger partial charge in [-0.05, 0) is 43.1 Å². The van der Waals surface area contributed by atoms with Gasteiger partial charge in [-0.25, -0.2) is 0 Å². The van der Waals surface area contributed by atoms with Gasteiger partial charge in [0, 0.05) is 43.7 Å². The van der Waals surface area contributed by atoms with Crippen LogP contribution in [0.15, 0.2) is 22.7 Å². The van der Waals surface area contributed by atoms with Gasteiger partial charge in [-0.15, -0.1) is 0 Å². The molecule has 0 unspecified atom stereocenters. The Morgan fingerprint density at radius 1 is 0.950 bits per heavy atom. The van der Waals surface area contributed by atoms with E-state index in [9.17, 15) is 0 Å². The molecule has 1 aromatic rings. The lowest BCUT2D eigenvalue weighted by atomic mass is 10.1. The summed E-state index contributed by atoms with van der Waals surface area (Å²) < 4.78 is 1.28. The maximum absolute atomic E-state index is 3.76. The minimum atomic E-state index is 1.07. The van der Waals surface area contributed by atoms with E-state index in [-0.39, 0.29) is 0 Å². The molecule has 0 radical (unpaired) electrons. The number of piperazine rings is 1. The first kappa shape index (κ1) is 14.5. The van der Waals surface area contributed by atoms with Crippen molar-refractivity contribution in [3.63, 3.8) is 0 Å². The van der Waals surface area contributed by atoms with E-state index in [1.807, 2.05) is 0 Å². The van der Waals surface area contributed by atoms with E-state index in [0.29, 0.717) is 0 Å². The lowest BCUT2D eigenvalue weighted by molar-refractivity contribution is 0.233. The molecule has 2 aliphatic heterocycles. The van der Waals surface area contributed by atoms with Crippen LogP contribution in [0.3, 0.4) is 0 Å². The predicted molar refractivity (Wildman–Crippen MR) is 86.8 cm³/mol. The van der Waals surface area contributed by atoms with Gasteiger partial charge >= 0.3 is 0 Å². The van der Waals surface area contributed by atoms with E-state index < -0.39 is 0 Å². The molecule has 20 heavy (non-hydrogen) atoms. The zero-order valence-electron chi connectivity index (χ0n) is 12.1. The summed E-state index contributed by atoms with van der Waals surface area (Å²) in [5.41, 5.74) is 2.85. The van der Waals surface area contributed by atoms with E-state index in [4.69, 9.17) is 0 Å². The van der Waals surface area contributed by atoms with Crippen LogP contribution < -0.4 is 5.32 Å². The van der Waals surface area contributed by atoms with Crippen LogP contribution in [0.25, 0.3) is 0 Å². The Balaban J connectivity index is 1.60. The number of benzene rings is 1. The first-order chi connectivity index (χ1) is 9.81. The van der Waals surface area contributed by atoms with Gasteiger partial charge in [0.1, 0.15) is 0 Å². The molecule has 0 aromatic heterocycles. The van der Waals surface area contributed by atoms with Crippen molar-refractivity contribution >= 4 is 15.9 Å². The average molecular weight is 338 g/mol. The molecule has 0 spiro atoms. The third-order valence-corrected chi connectivity index (χ3v) is 5.06. The molecule has 0 bridgehead atoms. The van der Waals surface area contributed by atoms with E-state index >= 15 is 0 Å². The number of halogens is 1. The molecule has 0 atom stereocenters. The van der Waals surface area contributed by atoms with E-state index in [1.165, 1.54) is 41.5 Å². The first-order valence-corrected chi connectivity index (χ1v) is 8.53. The van der Waals surface area contributed by atoms with Crippen LogP contribution >= 0.6 is 15.9 Å². The highest BCUT2D eigenvalue weighted by Gasteiger charge is 2.14. The van der Waals surface area contributed by atoms with Crippen molar-refractivity contribution in [1.29, 1.82) is 0 Å². The Hall–Kier alpha value is -0.420. The topological polar surface area (TPSA) is 18.5 Å². The summed E-state index contributed by atoms with van der Waals surface area (Å²) in [5.74, 6) is 0. The maximum Gasteiger partial charge on any atom is 0.0244 e. The summed E-state index contributed by atoms with van der Waals surface area (Å²) in [6.45, 7) is 9.24. The summed E-state index contributed by atoms with van der Waals surface area (Å²) in [7, 11) is 0. The molecule has 2 aliphatic rings. The van der Waals surface area contributed by atoms with Gasteiger partial charge in [0.05, 0.1) is 0 Å². The fourth-order valence-corrected chi connectivity index (χ4v) is 3.68. The Morgan fingerprint density at radius 3 is 2.35 bits per heavy atom. The summed E-state index contributed by atoms with van der Waals surface area (Å²) in [6.07, 6.45) is 2.72. The summed E-state index contributed by atoms with van der Waals surface area (Å²) in [6, 6.07) is 6.92. The molecule has 2 saturated heterocycles. The molecule has 2 heterocycles. The van der Waals surface area contributed by atoms with Crippen LogP contribution in [-0.2, 0) is 13.1 Å². The monoisotopic (exact) mass is 337 g/mol. The second-order valence-electron chi connectivity index (χ2n) is 5.94. The Kier molecular flexibility index (Phi) is 5.10. The zero-order chi connectivity index (χ0) is 13.8. The second kappa shape index (κ2) is 7.03. The molecule has 2 fully saturated rings. The highest BCUT2D eigenvalue weighted by Crippen LogP contribution is 2.23. The van der Waals surface area contributed by atoms with Gasteiger partial charge in [0.25, 0.3) is 0 Å². The lowest BCUT2D eigenvalue weighted by Gasteiger charge is -2.27. The van der Waals surface area contributed by atoms with Gasteiger partial charge in [-0.2, -0.15) is 0 Å². The molecule has 4 heteroatoms. The summed E-state index contributed by atoms with van der Waals surface area (Å²) in [5, 5.41) is 3.40. The minimum Gasteiger partial charge on any atom is -0.314 e. The van der Waals surface area contributed by atoms with Crippen LogP contribution in [0, 0.1) is 0 Å². The highest BCUT2D eigenvalue weighted by molar-refractivity contribution is 9.10. The van der Waals surface area contributed by atoms with Crippen LogP contribution in [0.1, 0.15) is 24.0 Å². The van der Waals surface area contributed by atoms with Crippen LogP contribution in [0.5, 0.6) is 0 Å². The standard InChI is InChI=1S/C16H24BrN3/c17-16-11-14(12-20-9-5-18-6-10-20)3-4-15(16)13-19-7-1-2-8-19/h3-4,11,18H,1-2,5-10,12-13H2. The number of nitrogens with zero attached hydrogens (tertiary/aromatic N) is 2. The molecule has 1 N–H and O–H groups in total. The molecular weight excluding hydrogens is 314 g/mol. The predicted octanol–water partition coefficient (Wildman–Crippen LogP) is 2.45. The smallest absolute Gasteiger partial charge is 0.0244 e. The minimum absolute atomic E-state index is 1.07. The molecule has 1 aromatic carbocycles. The fourth-order valence-electron chi connectivity index (χ4n) is 3.13. The number of rotatable bonds is 4. The van der Waals surface area contributed by atoms with Crippen LogP contribution in [-0.4, -0.2) is 49.1 Å². The van der Waals surface area contributed by atoms with Crippen LogP contribution in [0.4, 0.5) is 0 Å². The van der Waals surface area contributed by atoms with Gasteiger partial charge in [-0.3, -0.25) is 9.80 Å². The average Bonchev–Trinajstić information content (AvgIpc) is 2.96. The van der Waals surface area contributed by atoms with E-state index in [1.54, 1.807) is 0 Å². The largest absolute Gasteiger partial charge is 0.314 e. The van der Waals surface area contributed by atoms with Crippen molar-refractivity contribution < 1.29 is 0 Å². The Bertz CT molecular complexity index is 437. The molecular formula is C16H24BrN3. The van der Waals surface area contributed by atoms with Gasteiger partial charge < -0.3 is 5.32 Å². The highest BCUT2D eigenvalue weighted by atomic mass is 79.9. The molecule has 110 valence electrons. The quantitative estimate of drug-likeness (QED) is 0.910. The summed E-state index contributed by atoms with van der Waals surface area (Å²) in [4.78, 5) is 5.08. The normalized spacial score (nSPS) is 21.4. The van der Waals surface area contributed by atoms with Crippen molar-refractivity contribution in [1.82, 2.24) is 15.1 Å². The number of hydrogen-bond acceptors (Lipinski definition) is 3. The van der Waals surface area contributed by atoms with E-state index in [2.05, 4.69) is 49.2 Å². The van der Waals surface area contributed by atoms with Crippen molar-refractivity contribution in [2.45, 2.75) is 25.9 Å². The van der Waals surface area contributed by atoms with Crippen molar-refractivity contribution in [3.05, 3.63) is 33.8 Å². The van der Waals surface area contributed by atoms with Crippen molar-refractivity contribution in [2.24, 2.45) is 0 Å². The summed E-state index contributed by atoms with van der Waals surface area (Å²) >= 11 is 3.76. The Morgan fingerprint density at radius 2 is 1.65 bits per heavy atom. The number of hydrogen-bond donors (Lipinski definition) is 1. The SMILES string of the molecule is Brc1cc(CN2CCNCC2)ccc1CN1CCCC1. The molecule has 3 nitrogen and oxygen atoms in total. The van der Waals surface area contributed by atoms with Gasteiger partial charge in [0.2, 0.25) is 0 Å². The van der Waals surface area contributed by atoms with Crippen LogP contribution in [0.2, 0.25) is 0 Å².